The third-order valence-electron chi connectivity index (χ3n) is 1.96. The minimum absolute atomic E-state index is 0.116. The van der Waals surface area contributed by atoms with Crippen LogP contribution in [-0.2, 0) is 4.74 Å². The molecule has 0 spiro atoms. The Bertz CT molecular complexity index is 208. The Balaban J connectivity index is 3.60. The number of terminal acetylenes is 1. The Morgan fingerprint density at radius 1 is 1.50 bits per heavy atom. The lowest BCUT2D eigenvalue weighted by molar-refractivity contribution is 0.148. The smallest absolute Gasteiger partial charge is 0.407 e. The molecule has 0 aromatic heterocycles. The van der Waals surface area contributed by atoms with Gasteiger partial charge in [-0.25, -0.2) is 4.79 Å². The lowest BCUT2D eigenvalue weighted by atomic mass is 10.0. The van der Waals surface area contributed by atoms with E-state index in [2.05, 4.69) is 11.2 Å². The van der Waals surface area contributed by atoms with E-state index in [1.165, 1.54) is 0 Å². The second-order valence-corrected chi connectivity index (χ2v) is 3.41. The van der Waals surface area contributed by atoms with Crippen molar-refractivity contribution in [3.63, 3.8) is 0 Å². The summed E-state index contributed by atoms with van der Waals surface area (Å²) in [7, 11) is 0. The molecule has 0 saturated carbocycles. The zero-order chi connectivity index (χ0) is 11.0. The van der Waals surface area contributed by atoms with E-state index in [0.29, 0.717) is 6.61 Å². The van der Waals surface area contributed by atoms with Crippen LogP contribution in [0, 0.1) is 18.3 Å². The Hall–Kier alpha value is -1.17. The molecule has 2 atom stereocenters. The number of carbonyl (C=O) groups is 1. The predicted molar refractivity (Wildman–Crippen MR) is 56.9 cm³/mol. The zero-order valence-corrected chi connectivity index (χ0v) is 9.17. The van der Waals surface area contributed by atoms with Gasteiger partial charge in [-0.1, -0.05) is 6.92 Å². The van der Waals surface area contributed by atoms with Crippen molar-refractivity contribution in [1.82, 2.24) is 5.32 Å². The maximum atomic E-state index is 11.0. The molecule has 80 valence electrons. The third kappa shape index (κ3) is 6.36. The molecule has 0 heterocycles. The molecule has 0 aliphatic carbocycles. The monoisotopic (exact) mass is 197 g/mol. The maximum absolute atomic E-state index is 11.0. The Morgan fingerprint density at radius 2 is 2.14 bits per heavy atom. The zero-order valence-electron chi connectivity index (χ0n) is 9.17. The lowest BCUT2D eigenvalue weighted by Crippen LogP contribution is -2.33. The lowest BCUT2D eigenvalue weighted by Gasteiger charge is -2.14. The maximum Gasteiger partial charge on any atom is 0.407 e. The molecule has 0 aliphatic heterocycles. The van der Waals surface area contributed by atoms with Crippen LogP contribution in [-0.4, -0.2) is 18.7 Å². The summed E-state index contributed by atoms with van der Waals surface area (Å²) in [5.74, 6) is 2.92. The number of hydrogen-bond acceptors (Lipinski definition) is 2. The standard InChI is InChI=1S/C11H19NO2/c1-5-9(3)7-8-10(4)12-11(13)14-6-2/h1,9-10H,6-8H2,2-4H3,(H,12,13). The highest BCUT2D eigenvalue weighted by Gasteiger charge is 2.08. The van der Waals surface area contributed by atoms with Crippen molar-refractivity contribution in [3.8, 4) is 12.3 Å². The highest BCUT2D eigenvalue weighted by molar-refractivity contribution is 5.67. The molecule has 1 N–H and O–H groups in total. The first-order chi connectivity index (χ1) is 6.60. The first-order valence-corrected chi connectivity index (χ1v) is 4.99. The Morgan fingerprint density at radius 3 is 2.64 bits per heavy atom. The summed E-state index contributed by atoms with van der Waals surface area (Å²) < 4.78 is 4.76. The molecule has 0 saturated heterocycles. The van der Waals surface area contributed by atoms with Crippen LogP contribution in [0.25, 0.3) is 0 Å². The van der Waals surface area contributed by atoms with Crippen molar-refractivity contribution < 1.29 is 9.53 Å². The van der Waals surface area contributed by atoms with Crippen molar-refractivity contribution in [2.24, 2.45) is 5.92 Å². The topological polar surface area (TPSA) is 38.3 Å². The van der Waals surface area contributed by atoms with Crippen LogP contribution < -0.4 is 5.32 Å². The molecule has 0 radical (unpaired) electrons. The molecule has 0 bridgehead atoms. The molecule has 0 fully saturated rings. The highest BCUT2D eigenvalue weighted by atomic mass is 16.5. The first-order valence-electron chi connectivity index (χ1n) is 4.99. The van der Waals surface area contributed by atoms with E-state index >= 15 is 0 Å². The molecule has 3 nitrogen and oxygen atoms in total. The molecule has 1 amide bonds. The van der Waals surface area contributed by atoms with Crippen molar-refractivity contribution in [2.75, 3.05) is 6.61 Å². The van der Waals surface area contributed by atoms with Crippen molar-refractivity contribution in [1.29, 1.82) is 0 Å². The molecule has 0 rings (SSSR count). The quantitative estimate of drug-likeness (QED) is 0.686. The molecule has 14 heavy (non-hydrogen) atoms. The van der Waals surface area contributed by atoms with Gasteiger partial charge in [0, 0.05) is 12.0 Å². The molecular weight excluding hydrogens is 178 g/mol. The third-order valence-corrected chi connectivity index (χ3v) is 1.96. The van der Waals surface area contributed by atoms with Gasteiger partial charge in [0.05, 0.1) is 6.61 Å². The fourth-order valence-corrected chi connectivity index (χ4v) is 1.03. The molecular formula is C11H19NO2. The van der Waals surface area contributed by atoms with Gasteiger partial charge >= 0.3 is 6.09 Å². The number of rotatable bonds is 5. The van der Waals surface area contributed by atoms with E-state index in [9.17, 15) is 4.79 Å². The van der Waals surface area contributed by atoms with E-state index in [4.69, 9.17) is 11.2 Å². The first kappa shape index (κ1) is 12.8. The van der Waals surface area contributed by atoms with Crippen LogP contribution in [0.15, 0.2) is 0 Å². The van der Waals surface area contributed by atoms with E-state index in [1.54, 1.807) is 6.92 Å². The summed E-state index contributed by atoms with van der Waals surface area (Å²) in [4.78, 5) is 11.0. The minimum atomic E-state index is -0.353. The van der Waals surface area contributed by atoms with Gasteiger partial charge in [0.15, 0.2) is 0 Å². The summed E-state index contributed by atoms with van der Waals surface area (Å²) in [6.45, 7) is 6.13. The van der Waals surface area contributed by atoms with Gasteiger partial charge < -0.3 is 10.1 Å². The van der Waals surface area contributed by atoms with E-state index in [1.807, 2.05) is 13.8 Å². The SMILES string of the molecule is C#CC(C)CCC(C)NC(=O)OCC. The van der Waals surface area contributed by atoms with Gasteiger partial charge in [-0.2, -0.15) is 0 Å². The van der Waals surface area contributed by atoms with Crippen molar-refractivity contribution >= 4 is 6.09 Å². The number of alkyl carbamates (subject to hydrolysis) is 1. The number of nitrogens with one attached hydrogen (secondary N) is 1. The molecule has 0 aromatic carbocycles. The van der Waals surface area contributed by atoms with E-state index < -0.39 is 0 Å². The van der Waals surface area contributed by atoms with E-state index in [0.717, 1.165) is 12.8 Å². The second-order valence-electron chi connectivity index (χ2n) is 3.41. The van der Waals surface area contributed by atoms with Gasteiger partial charge in [-0.05, 0) is 26.7 Å². The van der Waals surface area contributed by atoms with Crippen molar-refractivity contribution in [3.05, 3.63) is 0 Å². The average molecular weight is 197 g/mol. The van der Waals surface area contributed by atoms with Crippen LogP contribution in [0.1, 0.15) is 33.6 Å². The van der Waals surface area contributed by atoms with Gasteiger partial charge in [0.1, 0.15) is 0 Å². The minimum Gasteiger partial charge on any atom is -0.450 e. The van der Waals surface area contributed by atoms with Crippen LogP contribution in [0.2, 0.25) is 0 Å². The van der Waals surface area contributed by atoms with Crippen LogP contribution >= 0.6 is 0 Å². The van der Waals surface area contributed by atoms with Crippen LogP contribution in [0.5, 0.6) is 0 Å². The second kappa shape index (κ2) is 7.25. The average Bonchev–Trinajstić information content (AvgIpc) is 2.14. The van der Waals surface area contributed by atoms with Gasteiger partial charge in [0.25, 0.3) is 0 Å². The summed E-state index contributed by atoms with van der Waals surface area (Å²) in [6, 6.07) is 0.116. The fourth-order valence-electron chi connectivity index (χ4n) is 1.03. The summed E-state index contributed by atoms with van der Waals surface area (Å²) in [6.07, 6.45) is 6.69. The normalized spacial score (nSPS) is 13.9. The van der Waals surface area contributed by atoms with Gasteiger partial charge in [-0.3, -0.25) is 0 Å². The highest BCUT2D eigenvalue weighted by Crippen LogP contribution is 2.06. The summed E-state index contributed by atoms with van der Waals surface area (Å²) >= 11 is 0. The number of hydrogen-bond donors (Lipinski definition) is 1. The molecule has 3 heteroatoms. The number of ether oxygens (including phenoxy) is 1. The van der Waals surface area contributed by atoms with Crippen LogP contribution in [0.3, 0.4) is 0 Å². The molecule has 2 unspecified atom stereocenters. The predicted octanol–water partition coefficient (Wildman–Crippen LogP) is 2.17. The fraction of sp³-hybridized carbons (Fsp3) is 0.727. The van der Waals surface area contributed by atoms with Gasteiger partial charge in [-0.15, -0.1) is 12.3 Å². The molecule has 0 aliphatic rings. The number of carbonyl (C=O) groups excluding carboxylic acids is 1. The van der Waals surface area contributed by atoms with Crippen molar-refractivity contribution in [2.45, 2.75) is 39.7 Å². The Kier molecular flexibility index (Phi) is 6.65. The van der Waals surface area contributed by atoms with Crippen LogP contribution in [0.4, 0.5) is 4.79 Å². The summed E-state index contributed by atoms with van der Waals surface area (Å²) in [5.41, 5.74) is 0. The van der Waals surface area contributed by atoms with Gasteiger partial charge in [0.2, 0.25) is 0 Å². The number of amides is 1. The van der Waals surface area contributed by atoms with E-state index in [-0.39, 0.29) is 18.1 Å². The Labute approximate surface area is 86.2 Å². The largest absolute Gasteiger partial charge is 0.450 e. The summed E-state index contributed by atoms with van der Waals surface area (Å²) in [5, 5.41) is 2.73. The molecule has 0 aromatic rings.